The second-order valence-electron chi connectivity index (χ2n) is 5.18. The predicted molar refractivity (Wildman–Crippen MR) is 93.6 cm³/mol. The fraction of sp³-hybridized carbons (Fsp3) is 0.0588. The Hall–Kier alpha value is -3.55. The first kappa shape index (κ1) is 16.3. The van der Waals surface area contributed by atoms with E-state index in [-0.39, 0.29) is 23.0 Å². The van der Waals surface area contributed by atoms with Gasteiger partial charge in [0.05, 0.1) is 7.11 Å². The number of anilines is 4. The van der Waals surface area contributed by atoms with Crippen molar-refractivity contribution >= 4 is 28.9 Å². The number of aromatic nitrogens is 2. The molecule has 8 heteroatoms. The van der Waals surface area contributed by atoms with Crippen molar-refractivity contribution in [1.82, 2.24) is 10.2 Å². The molecule has 1 amide bonds. The first-order chi connectivity index (χ1) is 12.1. The summed E-state index contributed by atoms with van der Waals surface area (Å²) in [6.07, 6.45) is 0. The molecule has 1 heterocycles. The average molecular weight is 341 g/mol. The van der Waals surface area contributed by atoms with Crippen molar-refractivity contribution in [3.8, 4) is 5.75 Å². The van der Waals surface area contributed by atoms with Crippen LogP contribution in [0.3, 0.4) is 0 Å². The van der Waals surface area contributed by atoms with Crippen molar-refractivity contribution in [2.45, 2.75) is 0 Å². The molecule has 0 aliphatic heterocycles. The van der Waals surface area contributed by atoms with Gasteiger partial charge in [0.2, 0.25) is 0 Å². The van der Waals surface area contributed by atoms with Crippen molar-refractivity contribution in [2.75, 3.05) is 23.5 Å². The summed E-state index contributed by atoms with van der Waals surface area (Å²) >= 11 is 0. The molecule has 0 aliphatic carbocycles. The van der Waals surface area contributed by atoms with E-state index in [1.54, 1.807) is 31.4 Å². The van der Waals surface area contributed by atoms with Crippen molar-refractivity contribution in [1.29, 1.82) is 0 Å². The van der Waals surface area contributed by atoms with Gasteiger partial charge in [0.25, 0.3) is 5.91 Å². The third-order valence-corrected chi connectivity index (χ3v) is 3.48. The Kier molecular flexibility index (Phi) is 4.51. The molecule has 0 radical (unpaired) electrons. The standard InChI is InChI=1S/C17H16FN5O2/c1-25-13-8-6-12(7-9-13)21-17(24)14-15(19)22-23-16(14)20-11-4-2-10(18)3-5-11/h2-9H,1H3,(H,21,24)(H4,19,20,22,23). The lowest BCUT2D eigenvalue weighted by Gasteiger charge is -2.08. The Morgan fingerprint density at radius 2 is 1.76 bits per heavy atom. The second kappa shape index (κ2) is 6.91. The fourth-order valence-electron chi connectivity index (χ4n) is 2.21. The number of nitrogen functional groups attached to an aromatic ring is 1. The molecule has 5 N–H and O–H groups in total. The van der Waals surface area contributed by atoms with Gasteiger partial charge in [-0.2, -0.15) is 5.10 Å². The molecule has 7 nitrogen and oxygen atoms in total. The summed E-state index contributed by atoms with van der Waals surface area (Å²) in [5, 5.41) is 12.2. The lowest BCUT2D eigenvalue weighted by atomic mass is 10.2. The second-order valence-corrected chi connectivity index (χ2v) is 5.18. The number of nitrogens with one attached hydrogen (secondary N) is 3. The summed E-state index contributed by atoms with van der Waals surface area (Å²) < 4.78 is 18.1. The van der Waals surface area contributed by atoms with Crippen LogP contribution in [-0.2, 0) is 0 Å². The van der Waals surface area contributed by atoms with Gasteiger partial charge in [0.1, 0.15) is 22.9 Å². The maximum Gasteiger partial charge on any atom is 0.263 e. The van der Waals surface area contributed by atoms with Crippen LogP contribution in [0.2, 0.25) is 0 Å². The van der Waals surface area contributed by atoms with Crippen LogP contribution in [0.5, 0.6) is 5.75 Å². The maximum absolute atomic E-state index is 13.0. The van der Waals surface area contributed by atoms with Gasteiger partial charge >= 0.3 is 0 Å². The number of halogens is 1. The largest absolute Gasteiger partial charge is 0.497 e. The lowest BCUT2D eigenvalue weighted by Crippen LogP contribution is -2.14. The number of nitrogens with two attached hydrogens (primary N) is 1. The van der Waals surface area contributed by atoms with Crippen LogP contribution in [0.15, 0.2) is 48.5 Å². The number of ether oxygens (including phenoxy) is 1. The number of carbonyl (C=O) groups is 1. The van der Waals surface area contributed by atoms with Crippen molar-refractivity contribution in [3.63, 3.8) is 0 Å². The Morgan fingerprint density at radius 1 is 1.12 bits per heavy atom. The zero-order chi connectivity index (χ0) is 17.8. The summed E-state index contributed by atoms with van der Waals surface area (Å²) in [6.45, 7) is 0. The maximum atomic E-state index is 13.0. The van der Waals surface area contributed by atoms with E-state index < -0.39 is 5.91 Å². The first-order valence-corrected chi connectivity index (χ1v) is 7.38. The number of aromatic amines is 1. The van der Waals surface area contributed by atoms with Gasteiger partial charge in [-0.1, -0.05) is 0 Å². The summed E-state index contributed by atoms with van der Waals surface area (Å²) in [5.41, 5.74) is 7.15. The smallest absolute Gasteiger partial charge is 0.263 e. The number of amides is 1. The molecule has 2 aromatic carbocycles. The van der Waals surface area contributed by atoms with Crippen LogP contribution < -0.4 is 21.1 Å². The number of carbonyl (C=O) groups excluding carboxylic acids is 1. The Bertz CT molecular complexity index is 875. The number of benzene rings is 2. The van der Waals surface area contributed by atoms with Crippen LogP contribution in [0.1, 0.15) is 10.4 Å². The number of hydrogen-bond donors (Lipinski definition) is 4. The highest BCUT2D eigenvalue weighted by Crippen LogP contribution is 2.24. The minimum absolute atomic E-state index is 0.121. The van der Waals surface area contributed by atoms with Crippen molar-refractivity contribution in [3.05, 3.63) is 59.9 Å². The van der Waals surface area contributed by atoms with E-state index in [0.717, 1.165) is 0 Å². The number of rotatable bonds is 5. The first-order valence-electron chi connectivity index (χ1n) is 7.38. The normalized spacial score (nSPS) is 10.3. The number of hydrogen-bond acceptors (Lipinski definition) is 5. The molecule has 0 fully saturated rings. The highest BCUT2D eigenvalue weighted by molar-refractivity contribution is 6.11. The summed E-state index contributed by atoms with van der Waals surface area (Å²) in [4.78, 5) is 12.5. The van der Waals surface area contributed by atoms with Gasteiger partial charge in [0, 0.05) is 11.4 Å². The Morgan fingerprint density at radius 3 is 2.40 bits per heavy atom. The molecule has 0 aliphatic rings. The van der Waals surface area contributed by atoms with Crippen LogP contribution in [-0.4, -0.2) is 23.2 Å². The number of H-pyrrole nitrogens is 1. The van der Waals surface area contributed by atoms with Crippen LogP contribution in [0.25, 0.3) is 0 Å². The molecular formula is C17H16FN5O2. The van der Waals surface area contributed by atoms with E-state index in [9.17, 15) is 9.18 Å². The van der Waals surface area contributed by atoms with E-state index in [4.69, 9.17) is 10.5 Å². The molecule has 25 heavy (non-hydrogen) atoms. The molecule has 0 saturated carbocycles. The summed E-state index contributed by atoms with van der Waals surface area (Å²) in [5.74, 6) is 0.260. The average Bonchev–Trinajstić information content (AvgIpc) is 2.98. The van der Waals surface area contributed by atoms with E-state index in [1.807, 2.05) is 0 Å². The van der Waals surface area contributed by atoms with E-state index in [1.165, 1.54) is 24.3 Å². The van der Waals surface area contributed by atoms with Gasteiger partial charge in [0.15, 0.2) is 5.82 Å². The highest BCUT2D eigenvalue weighted by Gasteiger charge is 2.19. The number of nitrogens with zero attached hydrogens (tertiary/aromatic N) is 1. The van der Waals surface area contributed by atoms with E-state index >= 15 is 0 Å². The minimum Gasteiger partial charge on any atom is -0.497 e. The Labute approximate surface area is 143 Å². The van der Waals surface area contributed by atoms with Crippen LogP contribution >= 0.6 is 0 Å². The van der Waals surface area contributed by atoms with Gasteiger partial charge in [-0.25, -0.2) is 4.39 Å². The van der Waals surface area contributed by atoms with Crippen molar-refractivity contribution < 1.29 is 13.9 Å². The predicted octanol–water partition coefficient (Wildman–Crippen LogP) is 3.14. The van der Waals surface area contributed by atoms with Crippen LogP contribution in [0.4, 0.5) is 27.4 Å². The molecule has 0 unspecified atom stereocenters. The molecule has 0 saturated heterocycles. The summed E-state index contributed by atoms with van der Waals surface area (Å²) in [7, 11) is 1.56. The zero-order valence-electron chi connectivity index (χ0n) is 13.3. The molecule has 0 atom stereocenters. The molecule has 0 spiro atoms. The van der Waals surface area contributed by atoms with Gasteiger partial charge < -0.3 is 21.1 Å². The zero-order valence-corrected chi connectivity index (χ0v) is 13.3. The lowest BCUT2D eigenvalue weighted by molar-refractivity contribution is 0.102. The molecule has 0 bridgehead atoms. The van der Waals surface area contributed by atoms with Gasteiger partial charge in [-0.15, -0.1) is 0 Å². The highest BCUT2D eigenvalue weighted by atomic mass is 19.1. The molecule has 3 rings (SSSR count). The third-order valence-electron chi connectivity index (χ3n) is 3.48. The molecule has 128 valence electrons. The fourth-order valence-corrected chi connectivity index (χ4v) is 2.21. The van der Waals surface area contributed by atoms with Gasteiger partial charge in [-0.05, 0) is 48.5 Å². The SMILES string of the molecule is COc1ccc(NC(=O)c2c(Nc3ccc(F)cc3)n[nH]c2N)cc1. The monoisotopic (exact) mass is 341 g/mol. The van der Waals surface area contributed by atoms with E-state index in [0.29, 0.717) is 17.1 Å². The third kappa shape index (κ3) is 3.69. The van der Waals surface area contributed by atoms with Crippen LogP contribution in [0, 0.1) is 5.82 Å². The summed E-state index contributed by atoms with van der Waals surface area (Å²) in [6, 6.07) is 12.5. The Balaban J connectivity index is 1.79. The van der Waals surface area contributed by atoms with E-state index in [2.05, 4.69) is 20.8 Å². The number of methoxy groups -OCH3 is 1. The molecule has 3 aromatic rings. The van der Waals surface area contributed by atoms with Gasteiger partial charge in [-0.3, -0.25) is 9.89 Å². The topological polar surface area (TPSA) is 105 Å². The molecule has 1 aromatic heterocycles. The van der Waals surface area contributed by atoms with Crippen molar-refractivity contribution in [2.24, 2.45) is 0 Å². The molecular weight excluding hydrogens is 325 g/mol. The quantitative estimate of drug-likeness (QED) is 0.571. The minimum atomic E-state index is -0.430.